The van der Waals surface area contributed by atoms with Gasteiger partial charge in [0.05, 0.1) is 10.3 Å². The number of hydrogen-bond acceptors (Lipinski definition) is 5. The van der Waals surface area contributed by atoms with Gasteiger partial charge >= 0.3 is 0 Å². The summed E-state index contributed by atoms with van der Waals surface area (Å²) in [5.74, 6) is -0.795. The number of nitrogens with zero attached hydrogens (tertiary/aromatic N) is 2. The van der Waals surface area contributed by atoms with Crippen molar-refractivity contribution in [1.82, 2.24) is 14.9 Å². The molecule has 180 valence electrons. The molecule has 1 amide bonds. The molecular formula is C26H24FN3O4S. The lowest BCUT2D eigenvalue weighted by Gasteiger charge is -2.15. The smallest absolute Gasteiger partial charge is 0.240 e. The van der Waals surface area contributed by atoms with Crippen LogP contribution in [0.5, 0.6) is 0 Å². The van der Waals surface area contributed by atoms with E-state index in [4.69, 9.17) is 0 Å². The summed E-state index contributed by atoms with van der Waals surface area (Å²) in [6, 6.07) is 13.9. The van der Waals surface area contributed by atoms with Crippen LogP contribution in [0.25, 0.3) is 11.0 Å². The molecule has 35 heavy (non-hydrogen) atoms. The van der Waals surface area contributed by atoms with Crippen LogP contribution in [-0.2, 0) is 27.7 Å². The zero-order valence-corrected chi connectivity index (χ0v) is 20.3. The van der Waals surface area contributed by atoms with Crippen molar-refractivity contribution in [3.63, 3.8) is 0 Å². The van der Waals surface area contributed by atoms with Crippen LogP contribution in [0.2, 0.25) is 0 Å². The molecule has 0 saturated heterocycles. The first-order valence-electron chi connectivity index (χ1n) is 10.9. The minimum Gasteiger partial charge on any atom is -0.350 e. The summed E-state index contributed by atoms with van der Waals surface area (Å²) in [4.78, 5) is 30.0. The first-order valence-corrected chi connectivity index (χ1v) is 12.4. The zero-order valence-electron chi connectivity index (χ0n) is 19.5. The van der Waals surface area contributed by atoms with Crippen molar-refractivity contribution in [2.45, 2.75) is 43.7 Å². The Balaban J connectivity index is 1.77. The SMILES string of the molecule is Cc1ccc(C)c(S(=O)(=O)c2cn(CC(=O)NCc3ccc(F)cc3)c3nc(C)ccc3c2=O)c1. The molecule has 0 saturated carbocycles. The van der Waals surface area contributed by atoms with E-state index in [2.05, 4.69) is 10.3 Å². The normalized spacial score (nSPS) is 11.5. The molecule has 2 aromatic heterocycles. The Morgan fingerprint density at radius 3 is 2.43 bits per heavy atom. The second-order valence-electron chi connectivity index (χ2n) is 8.45. The van der Waals surface area contributed by atoms with E-state index in [1.165, 1.54) is 35.0 Å². The van der Waals surface area contributed by atoms with Gasteiger partial charge in [-0.15, -0.1) is 0 Å². The average Bonchev–Trinajstić information content (AvgIpc) is 2.81. The van der Waals surface area contributed by atoms with E-state index in [1.807, 2.05) is 0 Å². The Hall–Kier alpha value is -3.85. The minimum atomic E-state index is -4.17. The molecule has 2 aromatic carbocycles. The fourth-order valence-corrected chi connectivity index (χ4v) is 5.46. The minimum absolute atomic E-state index is 0.0429. The number of benzene rings is 2. The number of nitrogens with one attached hydrogen (secondary N) is 1. The number of carbonyl (C=O) groups is 1. The van der Waals surface area contributed by atoms with E-state index in [0.717, 1.165) is 5.56 Å². The van der Waals surface area contributed by atoms with Gasteiger partial charge < -0.3 is 9.88 Å². The standard InChI is InChI=1S/C26H24FN3O4S/c1-16-4-5-17(2)22(12-16)35(33,34)23-14-30(26-21(25(23)32)11-6-18(3)29-26)15-24(31)28-13-19-7-9-20(27)10-8-19/h4-12,14H,13,15H2,1-3H3,(H,28,31). The third kappa shape index (κ3) is 5.00. The van der Waals surface area contributed by atoms with Gasteiger partial charge in [0.25, 0.3) is 0 Å². The molecule has 4 rings (SSSR count). The Morgan fingerprint density at radius 1 is 1.00 bits per heavy atom. The molecule has 9 heteroatoms. The molecule has 0 spiro atoms. The van der Waals surface area contributed by atoms with Crippen LogP contribution in [0.3, 0.4) is 0 Å². The number of carbonyl (C=O) groups excluding carboxylic acids is 1. The Kier molecular flexibility index (Phi) is 6.53. The van der Waals surface area contributed by atoms with Crippen molar-refractivity contribution < 1.29 is 17.6 Å². The van der Waals surface area contributed by atoms with Crippen molar-refractivity contribution in [3.05, 3.63) is 99.2 Å². The fraction of sp³-hybridized carbons (Fsp3) is 0.192. The van der Waals surface area contributed by atoms with Gasteiger partial charge in [0, 0.05) is 18.4 Å². The number of hydrogen-bond donors (Lipinski definition) is 1. The van der Waals surface area contributed by atoms with Gasteiger partial charge in [-0.05, 0) is 67.8 Å². The molecular weight excluding hydrogens is 469 g/mol. The van der Waals surface area contributed by atoms with Crippen molar-refractivity contribution in [1.29, 1.82) is 0 Å². The first-order chi connectivity index (χ1) is 16.6. The van der Waals surface area contributed by atoms with Gasteiger partial charge in [0.2, 0.25) is 21.2 Å². The van der Waals surface area contributed by atoms with E-state index >= 15 is 0 Å². The lowest BCUT2D eigenvalue weighted by Crippen LogP contribution is -2.29. The largest absolute Gasteiger partial charge is 0.350 e. The monoisotopic (exact) mass is 493 g/mol. The number of rotatable bonds is 6. The third-order valence-corrected chi connectivity index (χ3v) is 7.56. The number of sulfone groups is 1. The fourth-order valence-electron chi connectivity index (χ4n) is 3.77. The van der Waals surface area contributed by atoms with Gasteiger partial charge in [0.1, 0.15) is 22.9 Å². The number of fused-ring (bicyclic) bond motifs is 1. The van der Waals surface area contributed by atoms with Crippen LogP contribution >= 0.6 is 0 Å². The quantitative estimate of drug-likeness (QED) is 0.443. The highest BCUT2D eigenvalue weighted by Gasteiger charge is 2.26. The highest BCUT2D eigenvalue weighted by Crippen LogP contribution is 2.24. The molecule has 4 aromatic rings. The number of pyridine rings is 2. The highest BCUT2D eigenvalue weighted by molar-refractivity contribution is 7.91. The third-order valence-electron chi connectivity index (χ3n) is 5.67. The Morgan fingerprint density at radius 2 is 1.71 bits per heavy atom. The van der Waals surface area contributed by atoms with Crippen LogP contribution < -0.4 is 10.7 Å². The highest BCUT2D eigenvalue weighted by atomic mass is 32.2. The number of aromatic nitrogens is 2. The van der Waals surface area contributed by atoms with E-state index in [9.17, 15) is 22.4 Å². The summed E-state index contributed by atoms with van der Waals surface area (Å²) >= 11 is 0. The van der Waals surface area contributed by atoms with E-state index in [1.54, 1.807) is 51.1 Å². The second-order valence-corrected chi connectivity index (χ2v) is 10.3. The molecule has 1 N–H and O–H groups in total. The summed E-state index contributed by atoms with van der Waals surface area (Å²) in [6.07, 6.45) is 1.19. The van der Waals surface area contributed by atoms with Crippen LogP contribution in [0.15, 0.2) is 75.4 Å². The predicted octanol–water partition coefficient (Wildman–Crippen LogP) is 3.61. The predicted molar refractivity (Wildman–Crippen MR) is 130 cm³/mol. The summed E-state index contributed by atoms with van der Waals surface area (Å²) in [5, 5.41) is 2.83. The van der Waals surface area contributed by atoms with E-state index < -0.39 is 26.1 Å². The maximum absolute atomic E-state index is 13.5. The Labute approximate surface area is 202 Å². The molecule has 0 aliphatic rings. The van der Waals surface area contributed by atoms with Crippen molar-refractivity contribution in [3.8, 4) is 0 Å². The van der Waals surface area contributed by atoms with E-state index in [-0.39, 0.29) is 34.8 Å². The molecule has 0 atom stereocenters. The van der Waals surface area contributed by atoms with Gasteiger partial charge in [-0.2, -0.15) is 0 Å². The van der Waals surface area contributed by atoms with Crippen molar-refractivity contribution >= 4 is 26.8 Å². The number of halogens is 1. The summed E-state index contributed by atoms with van der Waals surface area (Å²) < 4.78 is 41.6. The number of aryl methyl sites for hydroxylation is 3. The Bertz CT molecular complexity index is 1610. The van der Waals surface area contributed by atoms with Gasteiger partial charge in [0.15, 0.2) is 0 Å². The van der Waals surface area contributed by atoms with Crippen LogP contribution in [0.4, 0.5) is 4.39 Å². The van der Waals surface area contributed by atoms with Gasteiger partial charge in [-0.25, -0.2) is 17.8 Å². The maximum atomic E-state index is 13.5. The van der Waals surface area contributed by atoms with Gasteiger partial charge in [-0.1, -0.05) is 24.3 Å². The van der Waals surface area contributed by atoms with Crippen LogP contribution in [-0.4, -0.2) is 23.9 Å². The summed E-state index contributed by atoms with van der Waals surface area (Å²) in [6.45, 7) is 5.08. The first kappa shape index (κ1) is 24.3. The molecule has 0 radical (unpaired) electrons. The number of amides is 1. The van der Waals surface area contributed by atoms with Gasteiger partial charge in [-0.3, -0.25) is 9.59 Å². The molecule has 2 heterocycles. The lowest BCUT2D eigenvalue weighted by atomic mass is 10.2. The average molecular weight is 494 g/mol. The zero-order chi connectivity index (χ0) is 25.3. The molecule has 0 aliphatic heterocycles. The molecule has 0 unspecified atom stereocenters. The second kappa shape index (κ2) is 9.42. The molecule has 0 fully saturated rings. The molecule has 7 nitrogen and oxygen atoms in total. The van der Waals surface area contributed by atoms with E-state index in [0.29, 0.717) is 16.8 Å². The van der Waals surface area contributed by atoms with Crippen molar-refractivity contribution in [2.75, 3.05) is 0 Å². The lowest BCUT2D eigenvalue weighted by molar-refractivity contribution is -0.121. The van der Waals surface area contributed by atoms with Crippen LogP contribution in [0.1, 0.15) is 22.4 Å². The molecule has 0 bridgehead atoms. The van der Waals surface area contributed by atoms with Crippen LogP contribution in [0, 0.1) is 26.6 Å². The summed E-state index contributed by atoms with van der Waals surface area (Å²) in [7, 11) is -4.17. The van der Waals surface area contributed by atoms with Crippen molar-refractivity contribution in [2.24, 2.45) is 0 Å². The molecule has 0 aliphatic carbocycles. The summed E-state index contributed by atoms with van der Waals surface area (Å²) in [5.41, 5.74) is 2.12. The topological polar surface area (TPSA) is 98.1 Å². The maximum Gasteiger partial charge on any atom is 0.240 e.